The van der Waals surface area contributed by atoms with E-state index < -0.39 is 10.0 Å². The second kappa shape index (κ2) is 7.44. The Bertz CT molecular complexity index is 936. The van der Waals surface area contributed by atoms with Crippen molar-refractivity contribution in [2.45, 2.75) is 31.2 Å². The highest BCUT2D eigenvalue weighted by atomic mass is 35.5. The fourth-order valence-electron chi connectivity index (χ4n) is 3.04. The van der Waals surface area contributed by atoms with Crippen LogP contribution in [0.5, 0.6) is 0 Å². The van der Waals surface area contributed by atoms with Gasteiger partial charge in [0.05, 0.1) is 22.2 Å². The van der Waals surface area contributed by atoms with E-state index in [4.69, 9.17) is 11.0 Å². The van der Waals surface area contributed by atoms with Crippen LogP contribution in [-0.4, -0.2) is 15.0 Å². The van der Waals surface area contributed by atoms with Gasteiger partial charge in [0.2, 0.25) is 0 Å². The number of halogens is 1. The highest BCUT2D eigenvalue weighted by molar-refractivity contribution is 7.92. The van der Waals surface area contributed by atoms with Crippen LogP contribution in [0.25, 0.3) is 0 Å². The zero-order valence-corrected chi connectivity index (χ0v) is 15.5. The van der Waals surface area contributed by atoms with Gasteiger partial charge in [-0.2, -0.15) is 5.26 Å². The third-order valence-corrected chi connectivity index (χ3v) is 6.17. The lowest BCUT2D eigenvalue weighted by atomic mass is 10.0. The maximum absolute atomic E-state index is 13.1. The van der Waals surface area contributed by atoms with Crippen LogP contribution in [0.15, 0.2) is 41.3 Å². The van der Waals surface area contributed by atoms with Gasteiger partial charge in [0, 0.05) is 13.1 Å². The van der Waals surface area contributed by atoms with Crippen LogP contribution < -0.4 is 10.0 Å². The summed E-state index contributed by atoms with van der Waals surface area (Å²) in [4.78, 5) is 0.217. The molecule has 3 rings (SSSR count). The number of nitriles is 1. The Balaban J connectivity index is 0.00000225. The fraction of sp³-hybridized carbons (Fsp3) is 0.278. The van der Waals surface area contributed by atoms with Gasteiger partial charge in [-0.25, -0.2) is 8.42 Å². The van der Waals surface area contributed by atoms with Crippen molar-refractivity contribution in [1.82, 2.24) is 0 Å². The Hall–Kier alpha value is -2.07. The quantitative estimate of drug-likeness (QED) is 0.890. The molecule has 0 spiro atoms. The zero-order chi connectivity index (χ0) is 17.3. The van der Waals surface area contributed by atoms with Gasteiger partial charge in [0.15, 0.2) is 0 Å². The lowest BCUT2D eigenvalue weighted by Crippen LogP contribution is -2.35. The second-order valence-electron chi connectivity index (χ2n) is 5.94. The van der Waals surface area contributed by atoms with Crippen molar-refractivity contribution in [2.75, 3.05) is 10.8 Å². The molecule has 0 atom stereocenters. The smallest absolute Gasteiger partial charge is 0.264 e. The summed E-state index contributed by atoms with van der Waals surface area (Å²) < 4.78 is 27.6. The number of fused-ring (bicyclic) bond motifs is 1. The van der Waals surface area contributed by atoms with E-state index in [0.29, 0.717) is 24.2 Å². The number of hydrogen-bond acceptors (Lipinski definition) is 4. The zero-order valence-electron chi connectivity index (χ0n) is 13.9. The summed E-state index contributed by atoms with van der Waals surface area (Å²) in [7, 11) is -3.65. The maximum Gasteiger partial charge on any atom is 0.264 e. The minimum Gasteiger partial charge on any atom is -0.326 e. The number of sulfonamides is 1. The summed E-state index contributed by atoms with van der Waals surface area (Å²) in [5.74, 6) is 0. The third-order valence-electron chi connectivity index (χ3n) is 4.36. The number of nitrogens with two attached hydrogens (primary N) is 1. The average molecular weight is 378 g/mol. The van der Waals surface area contributed by atoms with E-state index in [0.717, 1.165) is 29.7 Å². The maximum atomic E-state index is 13.1. The topological polar surface area (TPSA) is 87.2 Å². The molecule has 0 amide bonds. The molecule has 0 unspecified atom stereocenters. The van der Waals surface area contributed by atoms with Crippen molar-refractivity contribution < 1.29 is 8.42 Å². The van der Waals surface area contributed by atoms with E-state index >= 15 is 0 Å². The van der Waals surface area contributed by atoms with Crippen LogP contribution in [0, 0.1) is 18.3 Å². The first-order chi connectivity index (χ1) is 11.5. The molecule has 132 valence electrons. The first kappa shape index (κ1) is 19.3. The predicted molar refractivity (Wildman–Crippen MR) is 100 cm³/mol. The monoisotopic (exact) mass is 377 g/mol. The van der Waals surface area contributed by atoms with Crippen molar-refractivity contribution in [1.29, 1.82) is 5.26 Å². The second-order valence-corrected chi connectivity index (χ2v) is 7.80. The summed E-state index contributed by atoms with van der Waals surface area (Å²) in [6.45, 7) is 2.64. The lowest BCUT2D eigenvalue weighted by Gasteiger charge is -2.31. The van der Waals surface area contributed by atoms with Crippen molar-refractivity contribution in [3.05, 3.63) is 58.7 Å². The van der Waals surface area contributed by atoms with Gasteiger partial charge >= 0.3 is 0 Å². The molecule has 5 nitrogen and oxygen atoms in total. The minimum absolute atomic E-state index is 0. The van der Waals surface area contributed by atoms with Gasteiger partial charge in [-0.3, -0.25) is 4.31 Å². The number of benzene rings is 2. The normalized spacial score (nSPS) is 13.6. The molecule has 1 aliphatic rings. The molecule has 7 heteroatoms. The fourth-order valence-corrected chi connectivity index (χ4v) is 4.67. The van der Waals surface area contributed by atoms with Crippen LogP contribution in [0.2, 0.25) is 0 Å². The standard InChI is InChI=1S/C18H19N3O2S.ClH/c1-13-9-17(6-5-16(13)12-20)24(22,23)21-8-2-3-15-10-14(11-19)4-7-18(15)21;/h4-7,9-10H,2-3,8,11,19H2,1H3;1H. The van der Waals surface area contributed by atoms with Crippen LogP contribution in [0.1, 0.15) is 28.7 Å². The highest BCUT2D eigenvalue weighted by Crippen LogP contribution is 2.33. The van der Waals surface area contributed by atoms with Crippen LogP contribution in [-0.2, 0) is 23.0 Å². The molecule has 0 fully saturated rings. The molecule has 1 aliphatic heterocycles. The number of anilines is 1. The van der Waals surface area contributed by atoms with Crippen LogP contribution >= 0.6 is 12.4 Å². The molecule has 1 heterocycles. The van der Waals surface area contributed by atoms with Gasteiger partial charge in [-0.15, -0.1) is 12.4 Å². The molecule has 0 saturated heterocycles. The summed E-state index contributed by atoms with van der Waals surface area (Å²) >= 11 is 0. The van der Waals surface area contributed by atoms with Crippen molar-refractivity contribution >= 4 is 28.1 Å². The Labute approximate surface area is 154 Å². The summed E-state index contributed by atoms with van der Waals surface area (Å²) in [5.41, 5.74) is 9.57. The van der Waals surface area contributed by atoms with E-state index in [1.807, 2.05) is 18.2 Å². The predicted octanol–water partition coefficient (Wildman–Crippen LogP) is 2.89. The number of rotatable bonds is 3. The first-order valence-corrected chi connectivity index (χ1v) is 9.26. The molecule has 25 heavy (non-hydrogen) atoms. The van der Waals surface area contributed by atoms with E-state index in [1.54, 1.807) is 19.1 Å². The molecular weight excluding hydrogens is 358 g/mol. The van der Waals surface area contributed by atoms with E-state index in [-0.39, 0.29) is 17.3 Å². The van der Waals surface area contributed by atoms with Gasteiger partial charge in [-0.1, -0.05) is 12.1 Å². The summed E-state index contributed by atoms with van der Waals surface area (Å²) in [5, 5.41) is 9.02. The molecule has 0 saturated carbocycles. The van der Waals surface area contributed by atoms with Crippen molar-refractivity contribution in [3.8, 4) is 6.07 Å². The largest absolute Gasteiger partial charge is 0.326 e. The van der Waals surface area contributed by atoms with E-state index in [2.05, 4.69) is 6.07 Å². The average Bonchev–Trinajstić information content (AvgIpc) is 2.60. The molecule has 2 aromatic carbocycles. The summed E-state index contributed by atoms with van der Waals surface area (Å²) in [6.07, 6.45) is 1.62. The summed E-state index contributed by atoms with van der Waals surface area (Å²) in [6, 6.07) is 12.4. The minimum atomic E-state index is -3.65. The number of hydrogen-bond donors (Lipinski definition) is 1. The third kappa shape index (κ3) is 3.49. The number of aryl methyl sites for hydroxylation is 2. The molecule has 0 radical (unpaired) electrons. The molecule has 2 aromatic rings. The van der Waals surface area contributed by atoms with Crippen LogP contribution in [0.3, 0.4) is 0 Å². The van der Waals surface area contributed by atoms with E-state index in [1.165, 1.54) is 10.4 Å². The Morgan fingerprint density at radius 3 is 2.64 bits per heavy atom. The lowest BCUT2D eigenvalue weighted by molar-refractivity contribution is 0.586. The molecule has 2 N–H and O–H groups in total. The van der Waals surface area contributed by atoms with Crippen LogP contribution in [0.4, 0.5) is 5.69 Å². The molecule has 0 aromatic heterocycles. The highest BCUT2D eigenvalue weighted by Gasteiger charge is 2.29. The molecule has 0 bridgehead atoms. The van der Waals surface area contributed by atoms with Gasteiger partial charge in [0.1, 0.15) is 0 Å². The van der Waals surface area contributed by atoms with Gasteiger partial charge in [0.25, 0.3) is 10.0 Å². The Kier molecular flexibility index (Phi) is 5.73. The van der Waals surface area contributed by atoms with Crippen molar-refractivity contribution in [2.24, 2.45) is 5.73 Å². The van der Waals surface area contributed by atoms with Crippen molar-refractivity contribution in [3.63, 3.8) is 0 Å². The SMILES string of the molecule is Cc1cc(S(=O)(=O)N2CCCc3cc(CN)ccc32)ccc1C#N.Cl. The van der Waals surface area contributed by atoms with Gasteiger partial charge in [-0.05, 0) is 60.7 Å². The Morgan fingerprint density at radius 1 is 1.24 bits per heavy atom. The Morgan fingerprint density at radius 2 is 2.00 bits per heavy atom. The first-order valence-electron chi connectivity index (χ1n) is 7.82. The molecular formula is C18H20ClN3O2S. The number of nitrogens with zero attached hydrogens (tertiary/aromatic N) is 2. The van der Waals surface area contributed by atoms with Gasteiger partial charge < -0.3 is 5.73 Å². The molecule has 0 aliphatic carbocycles. The van der Waals surface area contributed by atoms with E-state index in [9.17, 15) is 8.42 Å².